The Labute approximate surface area is 155 Å². The van der Waals surface area contributed by atoms with Gasteiger partial charge in [0.2, 0.25) is 0 Å². The van der Waals surface area contributed by atoms with Crippen molar-refractivity contribution in [1.29, 1.82) is 0 Å². The molecule has 0 bridgehead atoms. The van der Waals surface area contributed by atoms with Gasteiger partial charge in [0.1, 0.15) is 11.9 Å². The van der Waals surface area contributed by atoms with Crippen molar-refractivity contribution in [3.8, 4) is 5.75 Å². The highest BCUT2D eigenvalue weighted by molar-refractivity contribution is 6.01. The van der Waals surface area contributed by atoms with Gasteiger partial charge in [0, 0.05) is 36.5 Å². The molecule has 27 heavy (non-hydrogen) atoms. The van der Waals surface area contributed by atoms with Crippen LogP contribution in [0.5, 0.6) is 5.75 Å². The fourth-order valence-corrected chi connectivity index (χ4v) is 3.61. The molecule has 0 spiro atoms. The molecule has 0 aliphatic carbocycles. The van der Waals surface area contributed by atoms with Crippen molar-refractivity contribution in [2.45, 2.75) is 25.1 Å². The summed E-state index contributed by atoms with van der Waals surface area (Å²) in [7, 11) is 0. The van der Waals surface area contributed by atoms with E-state index in [0.29, 0.717) is 24.4 Å². The summed E-state index contributed by atoms with van der Waals surface area (Å²) in [5.41, 5.74) is 1.29. The molecule has 1 saturated heterocycles. The Morgan fingerprint density at radius 2 is 2.11 bits per heavy atom. The van der Waals surface area contributed by atoms with Crippen molar-refractivity contribution in [2.75, 3.05) is 18.5 Å². The normalized spacial score (nSPS) is 21.6. The van der Waals surface area contributed by atoms with Crippen LogP contribution >= 0.6 is 0 Å². The number of nitrogens with zero attached hydrogens (tertiary/aromatic N) is 2. The van der Waals surface area contributed by atoms with Crippen molar-refractivity contribution in [3.63, 3.8) is 0 Å². The Morgan fingerprint density at radius 3 is 2.85 bits per heavy atom. The first-order valence-electron chi connectivity index (χ1n) is 8.80. The van der Waals surface area contributed by atoms with Gasteiger partial charge in [0.25, 0.3) is 11.6 Å². The van der Waals surface area contributed by atoms with Crippen molar-refractivity contribution < 1.29 is 19.6 Å². The smallest absolute Gasteiger partial charge is 0.270 e. The number of phenols is 1. The van der Waals surface area contributed by atoms with Gasteiger partial charge in [-0.3, -0.25) is 14.9 Å². The number of nitrogens with one attached hydrogen (secondary N) is 1. The number of amides is 1. The van der Waals surface area contributed by atoms with Gasteiger partial charge < -0.3 is 20.1 Å². The standard InChI is InChI=1S/C19H19N3O5/c23-17-8-7-12(22(25)26)10-15(17)18-20-16-6-2-1-5-14(16)19(24)21(18)11-13-4-3-9-27-13/h1-2,5-8,10,13,18,20,23H,3-4,9,11H2. The van der Waals surface area contributed by atoms with Crippen LogP contribution in [0.25, 0.3) is 0 Å². The molecule has 2 aliphatic rings. The number of hydrogen-bond acceptors (Lipinski definition) is 6. The van der Waals surface area contributed by atoms with Gasteiger partial charge in [-0.05, 0) is 31.0 Å². The second kappa shape index (κ2) is 6.88. The third-order valence-corrected chi connectivity index (χ3v) is 4.96. The van der Waals surface area contributed by atoms with E-state index >= 15 is 0 Å². The monoisotopic (exact) mass is 369 g/mol. The quantitative estimate of drug-likeness (QED) is 0.634. The number of rotatable bonds is 4. The van der Waals surface area contributed by atoms with E-state index in [-0.39, 0.29) is 29.0 Å². The summed E-state index contributed by atoms with van der Waals surface area (Å²) < 4.78 is 5.68. The number of hydrogen-bond donors (Lipinski definition) is 2. The summed E-state index contributed by atoms with van der Waals surface area (Å²) in [4.78, 5) is 25.4. The predicted octanol–water partition coefficient (Wildman–Crippen LogP) is 3.05. The molecule has 140 valence electrons. The van der Waals surface area contributed by atoms with E-state index in [4.69, 9.17) is 4.74 Å². The second-order valence-electron chi connectivity index (χ2n) is 6.69. The molecule has 8 heteroatoms. The molecule has 0 aromatic heterocycles. The van der Waals surface area contributed by atoms with E-state index in [1.807, 2.05) is 0 Å². The first kappa shape index (κ1) is 17.3. The van der Waals surface area contributed by atoms with Crippen molar-refractivity contribution in [2.24, 2.45) is 0 Å². The molecule has 2 aromatic rings. The lowest BCUT2D eigenvalue weighted by Gasteiger charge is -2.39. The fourth-order valence-electron chi connectivity index (χ4n) is 3.61. The van der Waals surface area contributed by atoms with Crippen molar-refractivity contribution in [1.82, 2.24) is 4.90 Å². The van der Waals surface area contributed by atoms with Crippen LogP contribution in [-0.4, -0.2) is 40.1 Å². The number of fused-ring (bicyclic) bond motifs is 1. The largest absolute Gasteiger partial charge is 0.508 e. The summed E-state index contributed by atoms with van der Waals surface area (Å²) in [5.74, 6) is -0.307. The first-order valence-corrected chi connectivity index (χ1v) is 8.80. The SMILES string of the molecule is O=C1c2ccccc2NC(c2cc([N+](=O)[O-])ccc2O)N1CC1CCCO1. The van der Waals surface area contributed by atoms with E-state index in [0.717, 1.165) is 12.8 Å². The van der Waals surface area contributed by atoms with Gasteiger partial charge >= 0.3 is 0 Å². The third kappa shape index (κ3) is 3.19. The Bertz CT molecular complexity index is 895. The lowest BCUT2D eigenvalue weighted by atomic mass is 10.0. The number of para-hydroxylation sites is 1. The maximum Gasteiger partial charge on any atom is 0.270 e. The molecule has 4 rings (SSSR count). The average Bonchev–Trinajstić information content (AvgIpc) is 3.17. The number of carbonyl (C=O) groups excluding carboxylic acids is 1. The van der Waals surface area contributed by atoms with E-state index in [1.165, 1.54) is 18.2 Å². The molecule has 2 N–H and O–H groups in total. The highest BCUT2D eigenvalue weighted by Gasteiger charge is 2.36. The van der Waals surface area contributed by atoms with Crippen LogP contribution in [0.4, 0.5) is 11.4 Å². The summed E-state index contributed by atoms with van der Waals surface area (Å²) in [6.07, 6.45) is 0.962. The van der Waals surface area contributed by atoms with E-state index in [1.54, 1.807) is 29.2 Å². The topological polar surface area (TPSA) is 105 Å². The number of nitro benzene ring substituents is 1. The second-order valence-corrected chi connectivity index (χ2v) is 6.69. The molecule has 2 heterocycles. The molecule has 2 aliphatic heterocycles. The molecular formula is C19H19N3O5. The van der Waals surface area contributed by atoms with E-state index in [9.17, 15) is 20.0 Å². The van der Waals surface area contributed by atoms with Gasteiger partial charge in [-0.1, -0.05) is 12.1 Å². The molecule has 8 nitrogen and oxygen atoms in total. The Balaban J connectivity index is 1.77. The Hall–Kier alpha value is -3.13. The van der Waals surface area contributed by atoms with Gasteiger partial charge in [-0.2, -0.15) is 0 Å². The molecule has 0 saturated carbocycles. The summed E-state index contributed by atoms with van der Waals surface area (Å²) in [6, 6.07) is 10.9. The number of aromatic hydroxyl groups is 1. The van der Waals surface area contributed by atoms with Gasteiger partial charge in [0.05, 0.1) is 16.6 Å². The number of non-ortho nitro benzene ring substituents is 1. The van der Waals surface area contributed by atoms with Gasteiger partial charge in [-0.15, -0.1) is 0 Å². The minimum atomic E-state index is -0.725. The highest BCUT2D eigenvalue weighted by Crippen LogP contribution is 2.38. The highest BCUT2D eigenvalue weighted by atomic mass is 16.6. The number of ether oxygens (including phenoxy) is 1. The lowest BCUT2D eigenvalue weighted by Crippen LogP contribution is -2.46. The van der Waals surface area contributed by atoms with Crippen LogP contribution in [-0.2, 0) is 4.74 Å². The molecule has 2 unspecified atom stereocenters. The van der Waals surface area contributed by atoms with Crippen LogP contribution in [0.1, 0.15) is 34.9 Å². The first-order chi connectivity index (χ1) is 13.0. The number of carbonyl (C=O) groups is 1. The zero-order valence-corrected chi connectivity index (χ0v) is 14.5. The third-order valence-electron chi connectivity index (χ3n) is 4.96. The minimum absolute atomic E-state index is 0.0932. The number of phenolic OH excluding ortho intramolecular Hbond substituents is 1. The molecule has 2 aromatic carbocycles. The zero-order chi connectivity index (χ0) is 19.0. The molecule has 0 radical (unpaired) electrons. The van der Waals surface area contributed by atoms with Crippen LogP contribution in [0.3, 0.4) is 0 Å². The van der Waals surface area contributed by atoms with E-state index in [2.05, 4.69) is 5.32 Å². The van der Waals surface area contributed by atoms with Crippen LogP contribution < -0.4 is 5.32 Å². The van der Waals surface area contributed by atoms with Crippen LogP contribution in [0.2, 0.25) is 0 Å². The van der Waals surface area contributed by atoms with Crippen molar-refractivity contribution >= 4 is 17.3 Å². The molecule has 2 atom stereocenters. The van der Waals surface area contributed by atoms with Gasteiger partial charge in [0.15, 0.2) is 0 Å². The zero-order valence-electron chi connectivity index (χ0n) is 14.5. The van der Waals surface area contributed by atoms with Crippen molar-refractivity contribution in [3.05, 3.63) is 63.7 Å². The Kier molecular flexibility index (Phi) is 4.41. The number of nitro groups is 1. The maximum atomic E-state index is 13.1. The van der Waals surface area contributed by atoms with Crippen LogP contribution in [0.15, 0.2) is 42.5 Å². The predicted molar refractivity (Wildman–Crippen MR) is 97.6 cm³/mol. The molecule has 1 fully saturated rings. The summed E-state index contributed by atoms with van der Waals surface area (Å²) in [5, 5.41) is 24.8. The summed E-state index contributed by atoms with van der Waals surface area (Å²) in [6.45, 7) is 0.996. The number of anilines is 1. The fraction of sp³-hybridized carbons (Fsp3) is 0.316. The minimum Gasteiger partial charge on any atom is -0.508 e. The van der Waals surface area contributed by atoms with Crippen LogP contribution in [0, 0.1) is 10.1 Å². The Morgan fingerprint density at radius 1 is 1.30 bits per heavy atom. The van der Waals surface area contributed by atoms with Gasteiger partial charge in [-0.25, -0.2) is 0 Å². The molecule has 1 amide bonds. The average molecular weight is 369 g/mol. The lowest BCUT2D eigenvalue weighted by molar-refractivity contribution is -0.385. The number of benzene rings is 2. The maximum absolute atomic E-state index is 13.1. The van der Waals surface area contributed by atoms with E-state index < -0.39 is 11.1 Å². The summed E-state index contributed by atoms with van der Waals surface area (Å²) >= 11 is 0. The molecular weight excluding hydrogens is 350 g/mol.